The van der Waals surface area contributed by atoms with E-state index in [2.05, 4.69) is 55.4 Å². The van der Waals surface area contributed by atoms with Gasteiger partial charge in [0, 0.05) is 12.5 Å². The quantitative estimate of drug-likeness (QED) is 0.201. The van der Waals surface area contributed by atoms with E-state index in [4.69, 9.17) is 9.47 Å². The molecule has 0 amide bonds. The maximum absolute atomic E-state index is 5.81. The molecule has 0 N–H and O–H groups in total. The van der Waals surface area contributed by atoms with Crippen molar-refractivity contribution in [1.82, 2.24) is 0 Å². The minimum Gasteiger partial charge on any atom is -0.497 e. The molecule has 0 bridgehead atoms. The van der Waals surface area contributed by atoms with Gasteiger partial charge in [-0.25, -0.2) is 0 Å². The standard InChI is InChI=1S/C25H38O2Si/c1-26-25-16-14-22(15-17-25)21-27-19-10-6-9-13-24(18-20-28(2,3)4)23-11-7-5-8-12-23/h9,13-17,23-24H,5-8,10-12,19,21H2,1-4H3/b13-9+/t24-/m1/s1. The molecule has 2 nitrogen and oxygen atoms in total. The van der Waals surface area contributed by atoms with E-state index >= 15 is 0 Å². The second kappa shape index (κ2) is 12.1. The zero-order chi connectivity index (χ0) is 20.2. The maximum Gasteiger partial charge on any atom is 0.129 e. The molecular weight excluding hydrogens is 360 g/mol. The fraction of sp³-hybridized carbons (Fsp3) is 0.600. The van der Waals surface area contributed by atoms with Gasteiger partial charge in [-0.2, -0.15) is 0 Å². The van der Waals surface area contributed by atoms with Crippen molar-refractivity contribution in [2.45, 2.75) is 71.2 Å². The summed E-state index contributed by atoms with van der Waals surface area (Å²) in [4.78, 5) is 0. The van der Waals surface area contributed by atoms with Crippen LogP contribution in [0.2, 0.25) is 19.6 Å². The largest absolute Gasteiger partial charge is 0.497 e. The molecule has 0 aliphatic heterocycles. The Hall–Kier alpha value is -1.50. The summed E-state index contributed by atoms with van der Waals surface area (Å²) in [7, 11) is 0.379. The summed E-state index contributed by atoms with van der Waals surface area (Å²) in [6, 6.07) is 8.08. The van der Waals surface area contributed by atoms with Gasteiger partial charge in [0.1, 0.15) is 13.8 Å². The third-order valence-corrected chi connectivity index (χ3v) is 6.10. The van der Waals surface area contributed by atoms with Crippen molar-refractivity contribution >= 4 is 8.07 Å². The minimum absolute atomic E-state index is 0.451. The van der Waals surface area contributed by atoms with Crippen molar-refractivity contribution < 1.29 is 9.47 Å². The first-order valence-corrected chi connectivity index (χ1v) is 14.4. The third-order valence-electron chi connectivity index (χ3n) is 5.20. The van der Waals surface area contributed by atoms with E-state index < -0.39 is 8.07 Å². The summed E-state index contributed by atoms with van der Waals surface area (Å²) >= 11 is 0. The van der Waals surface area contributed by atoms with E-state index in [-0.39, 0.29) is 0 Å². The predicted molar refractivity (Wildman–Crippen MR) is 122 cm³/mol. The Morgan fingerprint density at radius 2 is 1.82 bits per heavy atom. The lowest BCUT2D eigenvalue weighted by molar-refractivity contribution is 0.119. The van der Waals surface area contributed by atoms with Crippen LogP contribution in [0.3, 0.4) is 0 Å². The zero-order valence-electron chi connectivity index (χ0n) is 18.3. The summed E-state index contributed by atoms with van der Waals surface area (Å²) in [5.41, 5.74) is 4.80. The number of hydrogen-bond donors (Lipinski definition) is 0. The first-order chi connectivity index (χ1) is 13.5. The van der Waals surface area contributed by atoms with Crippen LogP contribution >= 0.6 is 0 Å². The molecule has 0 saturated heterocycles. The van der Waals surface area contributed by atoms with Crippen LogP contribution < -0.4 is 4.74 Å². The molecule has 1 fully saturated rings. The lowest BCUT2D eigenvalue weighted by Gasteiger charge is -2.25. The van der Waals surface area contributed by atoms with Crippen LogP contribution in [-0.2, 0) is 11.3 Å². The highest BCUT2D eigenvalue weighted by atomic mass is 28.3. The van der Waals surface area contributed by atoms with Crippen molar-refractivity contribution in [3.05, 3.63) is 42.0 Å². The minimum atomic E-state index is -1.31. The summed E-state index contributed by atoms with van der Waals surface area (Å²) in [6.45, 7) is 8.47. The zero-order valence-corrected chi connectivity index (χ0v) is 19.3. The van der Waals surface area contributed by atoms with Crippen LogP contribution in [0.1, 0.15) is 50.5 Å². The molecule has 0 aromatic heterocycles. The Balaban J connectivity index is 1.73. The number of methoxy groups -OCH3 is 1. The van der Waals surface area contributed by atoms with Crippen molar-refractivity contribution in [2.75, 3.05) is 13.7 Å². The molecule has 28 heavy (non-hydrogen) atoms. The lowest BCUT2D eigenvalue weighted by Crippen LogP contribution is -2.19. The monoisotopic (exact) mass is 398 g/mol. The molecule has 2 rings (SSSR count). The molecule has 0 spiro atoms. The Morgan fingerprint density at radius 1 is 1.11 bits per heavy atom. The molecule has 0 radical (unpaired) electrons. The Kier molecular flexibility index (Phi) is 9.88. The number of ether oxygens (including phenoxy) is 2. The number of hydrogen-bond acceptors (Lipinski definition) is 2. The smallest absolute Gasteiger partial charge is 0.129 e. The molecule has 0 heterocycles. The van der Waals surface area contributed by atoms with Gasteiger partial charge in [0.25, 0.3) is 0 Å². The fourth-order valence-corrected chi connectivity index (χ4v) is 4.17. The van der Waals surface area contributed by atoms with Gasteiger partial charge in [-0.1, -0.05) is 63.2 Å². The van der Waals surface area contributed by atoms with E-state index in [0.717, 1.165) is 31.1 Å². The van der Waals surface area contributed by atoms with Crippen LogP contribution in [0.15, 0.2) is 36.4 Å². The van der Waals surface area contributed by atoms with Gasteiger partial charge in [0.15, 0.2) is 0 Å². The van der Waals surface area contributed by atoms with Gasteiger partial charge in [0.2, 0.25) is 0 Å². The summed E-state index contributed by atoms with van der Waals surface area (Å²) in [6.07, 6.45) is 13.7. The highest BCUT2D eigenvalue weighted by Gasteiger charge is 2.20. The molecular formula is C25H38O2Si. The third kappa shape index (κ3) is 9.13. The average Bonchev–Trinajstić information content (AvgIpc) is 2.70. The maximum atomic E-state index is 5.81. The molecule has 154 valence electrons. The second-order valence-corrected chi connectivity index (χ2v) is 13.7. The van der Waals surface area contributed by atoms with Crippen LogP contribution in [0.25, 0.3) is 0 Å². The van der Waals surface area contributed by atoms with E-state index in [1.165, 1.54) is 37.7 Å². The van der Waals surface area contributed by atoms with Gasteiger partial charge >= 0.3 is 0 Å². The van der Waals surface area contributed by atoms with Gasteiger partial charge in [0.05, 0.1) is 13.7 Å². The van der Waals surface area contributed by atoms with Gasteiger partial charge < -0.3 is 9.47 Å². The number of benzene rings is 1. The van der Waals surface area contributed by atoms with Crippen LogP contribution in [0.5, 0.6) is 5.75 Å². The van der Waals surface area contributed by atoms with Crippen LogP contribution in [0.4, 0.5) is 0 Å². The highest BCUT2D eigenvalue weighted by Crippen LogP contribution is 2.30. The van der Waals surface area contributed by atoms with Crippen molar-refractivity contribution in [3.63, 3.8) is 0 Å². The van der Waals surface area contributed by atoms with Gasteiger partial charge in [-0.05, 0) is 49.3 Å². The molecule has 1 aliphatic carbocycles. The van der Waals surface area contributed by atoms with E-state index in [1.54, 1.807) is 7.11 Å². The second-order valence-electron chi connectivity index (χ2n) is 8.91. The highest BCUT2D eigenvalue weighted by molar-refractivity contribution is 6.83. The van der Waals surface area contributed by atoms with Crippen LogP contribution in [0, 0.1) is 23.3 Å². The lowest BCUT2D eigenvalue weighted by atomic mass is 9.80. The summed E-state index contributed by atoms with van der Waals surface area (Å²) < 4.78 is 11.0. The normalized spacial score (nSPS) is 16.6. The molecule has 1 aromatic carbocycles. The molecule has 1 aromatic rings. The summed E-state index contributed by atoms with van der Waals surface area (Å²) in [5, 5.41) is 0. The van der Waals surface area contributed by atoms with Crippen LogP contribution in [-0.4, -0.2) is 21.8 Å². The Bertz CT molecular complexity index is 640. The van der Waals surface area contributed by atoms with Crippen molar-refractivity contribution in [3.8, 4) is 17.2 Å². The SMILES string of the molecule is COc1ccc(COCCC/C=C/[C@H](C#C[Si](C)(C)C)C2CCCCC2)cc1. The van der Waals surface area contributed by atoms with E-state index in [9.17, 15) is 0 Å². The Morgan fingerprint density at radius 3 is 2.46 bits per heavy atom. The number of unbranched alkanes of at least 4 members (excludes halogenated alkanes) is 1. The van der Waals surface area contributed by atoms with E-state index in [1.807, 2.05) is 12.1 Å². The fourth-order valence-electron chi connectivity index (χ4n) is 3.57. The topological polar surface area (TPSA) is 18.5 Å². The molecule has 1 atom stereocenters. The molecule has 3 heteroatoms. The first-order valence-electron chi connectivity index (χ1n) is 10.9. The average molecular weight is 399 g/mol. The predicted octanol–water partition coefficient (Wildman–Crippen LogP) is 6.63. The van der Waals surface area contributed by atoms with Gasteiger partial charge in [-0.3, -0.25) is 0 Å². The number of allylic oxidation sites excluding steroid dienone is 2. The molecule has 1 aliphatic rings. The molecule has 1 saturated carbocycles. The van der Waals surface area contributed by atoms with Crippen molar-refractivity contribution in [1.29, 1.82) is 0 Å². The Labute approximate surface area is 173 Å². The van der Waals surface area contributed by atoms with Crippen molar-refractivity contribution in [2.24, 2.45) is 11.8 Å². The molecule has 0 unspecified atom stereocenters. The first kappa shape index (κ1) is 22.8. The number of rotatable bonds is 9. The van der Waals surface area contributed by atoms with E-state index in [0.29, 0.717) is 12.5 Å². The van der Waals surface area contributed by atoms with Gasteiger partial charge in [-0.15, -0.1) is 11.5 Å². The summed E-state index contributed by atoms with van der Waals surface area (Å²) in [5.74, 6) is 5.75.